The molecule has 168 valence electrons. The zero-order valence-electron chi connectivity index (χ0n) is 16.9. The third kappa shape index (κ3) is 4.98. The van der Waals surface area contributed by atoms with Crippen LogP contribution < -0.4 is 11.1 Å². The number of nitrogens with one attached hydrogen (secondary N) is 1. The van der Waals surface area contributed by atoms with Crippen molar-refractivity contribution in [2.45, 2.75) is 36.4 Å². The topological polar surface area (TPSA) is 126 Å². The van der Waals surface area contributed by atoms with Crippen molar-refractivity contribution in [2.24, 2.45) is 5.73 Å². The van der Waals surface area contributed by atoms with Crippen LogP contribution in [-0.2, 0) is 20.8 Å². The highest BCUT2D eigenvalue weighted by Crippen LogP contribution is 2.35. The first-order chi connectivity index (χ1) is 14.9. The first-order valence-corrected chi connectivity index (χ1v) is 11.4. The van der Waals surface area contributed by atoms with Crippen LogP contribution in [0.15, 0.2) is 52.7 Å². The summed E-state index contributed by atoms with van der Waals surface area (Å²) >= 11 is 0. The van der Waals surface area contributed by atoms with Crippen LogP contribution in [0.4, 0.5) is 18.9 Å². The number of hydrogen-bond acceptors (Lipinski definition) is 7. The van der Waals surface area contributed by atoms with Gasteiger partial charge in [0.25, 0.3) is 0 Å². The minimum atomic E-state index is -4.64. The van der Waals surface area contributed by atoms with Crippen LogP contribution in [0.1, 0.15) is 42.1 Å². The van der Waals surface area contributed by atoms with Gasteiger partial charge in [0.15, 0.2) is 15.6 Å². The average molecular weight is 464 g/mol. The fourth-order valence-corrected chi connectivity index (χ4v) is 4.49. The van der Waals surface area contributed by atoms with E-state index in [0.29, 0.717) is 18.5 Å². The fraction of sp³-hybridized carbons (Fsp3) is 0.286. The van der Waals surface area contributed by atoms with Crippen molar-refractivity contribution in [1.29, 1.82) is 5.26 Å². The summed E-state index contributed by atoms with van der Waals surface area (Å²) < 4.78 is 63.6. The second kappa shape index (κ2) is 8.72. The van der Waals surface area contributed by atoms with Gasteiger partial charge < -0.3 is 11.1 Å². The monoisotopic (exact) mass is 464 g/mol. The van der Waals surface area contributed by atoms with E-state index in [1.807, 2.05) is 6.07 Å². The van der Waals surface area contributed by atoms with Crippen molar-refractivity contribution in [1.82, 2.24) is 4.98 Å². The van der Waals surface area contributed by atoms with Crippen LogP contribution in [-0.4, -0.2) is 25.4 Å². The van der Waals surface area contributed by atoms with Gasteiger partial charge in [0.1, 0.15) is 5.69 Å². The third-order valence-corrected chi connectivity index (χ3v) is 6.14. The van der Waals surface area contributed by atoms with Crippen molar-refractivity contribution in [3.05, 3.63) is 64.6 Å². The number of rotatable bonds is 5. The van der Waals surface area contributed by atoms with Gasteiger partial charge in [-0.3, -0.25) is 9.78 Å². The lowest BCUT2D eigenvalue weighted by Gasteiger charge is -2.26. The van der Waals surface area contributed by atoms with E-state index in [1.165, 1.54) is 24.3 Å². The summed E-state index contributed by atoms with van der Waals surface area (Å²) in [5.74, 6) is -0.333. The molecular weight excluding hydrogens is 445 g/mol. The second-order valence-corrected chi connectivity index (χ2v) is 9.32. The number of allylic oxidation sites excluding steroid dienone is 1. The number of carbonyl (C=O) groups is 1. The summed E-state index contributed by atoms with van der Waals surface area (Å²) in [6.07, 6.45) is -1.71. The highest BCUT2D eigenvalue weighted by molar-refractivity contribution is 7.90. The van der Waals surface area contributed by atoms with Crippen molar-refractivity contribution in [2.75, 3.05) is 11.6 Å². The first-order valence-electron chi connectivity index (χ1n) is 9.48. The molecule has 11 heteroatoms. The van der Waals surface area contributed by atoms with Gasteiger partial charge in [0, 0.05) is 35.8 Å². The molecule has 7 nitrogen and oxygen atoms in total. The number of nitriles is 1. The Balaban J connectivity index is 2.10. The number of ketones is 1. The second-order valence-electron chi connectivity index (χ2n) is 7.34. The molecule has 1 aromatic heterocycles. The van der Waals surface area contributed by atoms with Crippen molar-refractivity contribution in [3.63, 3.8) is 0 Å². The molecule has 0 fully saturated rings. The maximum absolute atomic E-state index is 13.0. The van der Waals surface area contributed by atoms with E-state index in [0.717, 1.165) is 18.5 Å². The van der Waals surface area contributed by atoms with Crippen molar-refractivity contribution in [3.8, 4) is 6.07 Å². The van der Waals surface area contributed by atoms with Crippen LogP contribution in [0.5, 0.6) is 0 Å². The third-order valence-electron chi connectivity index (χ3n) is 4.99. The molecule has 0 aliphatic heterocycles. The molecule has 0 saturated carbocycles. The maximum atomic E-state index is 13.0. The average Bonchev–Trinajstić information content (AvgIpc) is 2.72. The number of aromatic nitrogens is 1. The standard InChI is InChI=1S/C21H19F3N4O3S/c1-32(30,31)17-9-12(11-25)5-6-14(17)20(26)19-15(3-2-4-16(19)29)28-13-7-8-27-18(10-13)21(22,23)24/h5-10,20H,2-4,26H2,1H3,(H,27,28). The molecule has 0 amide bonds. The number of sulfone groups is 1. The summed E-state index contributed by atoms with van der Waals surface area (Å²) in [4.78, 5) is 15.9. The Labute approximate surface area is 182 Å². The molecule has 3 N–H and O–H groups in total. The summed E-state index contributed by atoms with van der Waals surface area (Å²) in [5, 5.41) is 11.9. The molecule has 0 radical (unpaired) electrons. The molecule has 1 aromatic carbocycles. The summed E-state index contributed by atoms with van der Waals surface area (Å²) in [6.45, 7) is 0. The molecule has 32 heavy (non-hydrogen) atoms. The van der Waals surface area contributed by atoms with Gasteiger partial charge in [-0.15, -0.1) is 0 Å². The molecule has 2 aromatic rings. The minimum Gasteiger partial charge on any atom is -0.358 e. The van der Waals surface area contributed by atoms with Crippen LogP contribution in [0.25, 0.3) is 0 Å². The molecule has 0 saturated heterocycles. The van der Waals surface area contributed by atoms with E-state index in [4.69, 9.17) is 11.0 Å². The number of anilines is 1. The lowest BCUT2D eigenvalue weighted by atomic mass is 9.86. The zero-order chi connectivity index (χ0) is 23.7. The molecule has 1 unspecified atom stereocenters. The smallest absolute Gasteiger partial charge is 0.358 e. The fourth-order valence-electron chi connectivity index (χ4n) is 3.53. The highest BCUT2D eigenvalue weighted by Gasteiger charge is 2.33. The van der Waals surface area contributed by atoms with Gasteiger partial charge in [-0.05, 0) is 42.7 Å². The summed E-state index contributed by atoms with van der Waals surface area (Å²) in [7, 11) is -3.78. The molecule has 0 bridgehead atoms. The number of benzene rings is 1. The summed E-state index contributed by atoms with van der Waals surface area (Å²) in [6, 6.07) is 6.80. The largest absolute Gasteiger partial charge is 0.433 e. The predicted octanol–water partition coefficient (Wildman–Crippen LogP) is 3.49. The molecule has 0 spiro atoms. The van der Waals surface area contributed by atoms with Gasteiger partial charge in [0.2, 0.25) is 0 Å². The van der Waals surface area contributed by atoms with E-state index >= 15 is 0 Å². The Kier molecular flexibility index (Phi) is 6.39. The van der Waals surface area contributed by atoms with E-state index in [-0.39, 0.29) is 39.5 Å². The van der Waals surface area contributed by atoms with E-state index in [1.54, 1.807) is 0 Å². The Morgan fingerprint density at radius 3 is 2.56 bits per heavy atom. The van der Waals surface area contributed by atoms with E-state index in [9.17, 15) is 26.4 Å². The Hall–Kier alpha value is -3.23. The number of Topliss-reactive ketones (excluding diaryl/α,β-unsaturated/α-hetero) is 1. The van der Waals surface area contributed by atoms with Gasteiger partial charge >= 0.3 is 6.18 Å². The lowest BCUT2D eigenvalue weighted by Crippen LogP contribution is -2.27. The Bertz CT molecular complexity index is 1250. The predicted molar refractivity (Wildman–Crippen MR) is 110 cm³/mol. The number of hydrogen-bond donors (Lipinski definition) is 2. The molecule has 1 heterocycles. The van der Waals surface area contributed by atoms with Gasteiger partial charge in [-0.25, -0.2) is 8.42 Å². The summed E-state index contributed by atoms with van der Waals surface area (Å²) in [5.41, 5.74) is 5.96. The van der Waals surface area contributed by atoms with Crippen molar-refractivity contribution >= 4 is 21.3 Å². The number of carbonyl (C=O) groups excluding carboxylic acids is 1. The number of pyridine rings is 1. The SMILES string of the molecule is CS(=O)(=O)c1cc(C#N)ccc1C(N)C1=C(Nc2ccnc(C(F)(F)F)c2)CCCC1=O. The molecule has 1 atom stereocenters. The van der Waals surface area contributed by atoms with E-state index < -0.39 is 27.7 Å². The maximum Gasteiger partial charge on any atom is 0.433 e. The number of halogens is 3. The van der Waals surface area contributed by atoms with Crippen LogP contribution in [0, 0.1) is 11.3 Å². The normalized spacial score (nSPS) is 15.9. The molecule has 3 rings (SSSR count). The Morgan fingerprint density at radius 2 is 1.94 bits per heavy atom. The Morgan fingerprint density at radius 1 is 1.22 bits per heavy atom. The van der Waals surface area contributed by atoms with Crippen molar-refractivity contribution < 1.29 is 26.4 Å². The number of alkyl halides is 3. The quantitative estimate of drug-likeness (QED) is 0.694. The molecular formula is C21H19F3N4O3S. The zero-order valence-corrected chi connectivity index (χ0v) is 17.7. The molecule has 1 aliphatic rings. The van der Waals surface area contributed by atoms with Crippen LogP contribution in [0.2, 0.25) is 0 Å². The number of nitrogens with two attached hydrogens (primary N) is 1. The lowest BCUT2D eigenvalue weighted by molar-refractivity contribution is -0.141. The van der Waals surface area contributed by atoms with Gasteiger partial charge in [-0.2, -0.15) is 18.4 Å². The van der Waals surface area contributed by atoms with Gasteiger partial charge in [0.05, 0.1) is 22.6 Å². The van der Waals surface area contributed by atoms with E-state index in [2.05, 4.69) is 10.3 Å². The van der Waals surface area contributed by atoms with Crippen LogP contribution >= 0.6 is 0 Å². The van der Waals surface area contributed by atoms with Gasteiger partial charge in [-0.1, -0.05) is 6.07 Å². The highest BCUT2D eigenvalue weighted by atomic mass is 32.2. The minimum absolute atomic E-state index is 0.0740. The number of nitrogens with zero attached hydrogens (tertiary/aromatic N) is 2. The first kappa shape index (κ1) is 23.4. The van der Waals surface area contributed by atoms with Crippen LogP contribution in [0.3, 0.4) is 0 Å². The molecule has 1 aliphatic carbocycles.